The van der Waals surface area contributed by atoms with Crippen LogP contribution in [0.3, 0.4) is 0 Å². The predicted octanol–water partition coefficient (Wildman–Crippen LogP) is 2.88. The SMILES string of the molecule is CC(N)c1cccnc1N(C)Cc1ccccc1F. The van der Waals surface area contributed by atoms with Crippen LogP contribution in [0.1, 0.15) is 24.1 Å². The van der Waals surface area contributed by atoms with Crippen molar-refractivity contribution in [1.29, 1.82) is 0 Å². The van der Waals surface area contributed by atoms with E-state index >= 15 is 0 Å². The molecule has 1 aromatic carbocycles. The number of benzene rings is 1. The fourth-order valence-corrected chi connectivity index (χ4v) is 2.04. The van der Waals surface area contributed by atoms with Crippen LogP contribution in [-0.2, 0) is 6.54 Å². The molecule has 0 fully saturated rings. The van der Waals surface area contributed by atoms with E-state index in [1.165, 1.54) is 6.07 Å². The quantitative estimate of drug-likeness (QED) is 0.918. The molecule has 0 bridgehead atoms. The van der Waals surface area contributed by atoms with Crippen molar-refractivity contribution in [1.82, 2.24) is 4.98 Å². The van der Waals surface area contributed by atoms with Crippen molar-refractivity contribution >= 4 is 5.82 Å². The molecule has 0 aliphatic carbocycles. The van der Waals surface area contributed by atoms with Gasteiger partial charge in [0.25, 0.3) is 0 Å². The highest BCUT2D eigenvalue weighted by atomic mass is 19.1. The van der Waals surface area contributed by atoms with E-state index in [0.29, 0.717) is 12.1 Å². The Bertz CT molecular complexity index is 555. The standard InChI is InChI=1S/C15H18FN3/c1-11(17)13-7-5-9-18-15(13)19(2)10-12-6-3-4-8-14(12)16/h3-9,11H,10,17H2,1-2H3. The van der Waals surface area contributed by atoms with Gasteiger partial charge in [-0.25, -0.2) is 9.37 Å². The number of hydrogen-bond donors (Lipinski definition) is 1. The van der Waals surface area contributed by atoms with Crippen molar-refractivity contribution in [3.05, 3.63) is 59.5 Å². The third-order valence-corrected chi connectivity index (χ3v) is 3.03. The zero-order chi connectivity index (χ0) is 13.8. The van der Waals surface area contributed by atoms with Gasteiger partial charge in [0.15, 0.2) is 0 Å². The minimum atomic E-state index is -0.201. The molecule has 1 unspecified atom stereocenters. The van der Waals surface area contributed by atoms with E-state index < -0.39 is 0 Å². The van der Waals surface area contributed by atoms with E-state index in [1.54, 1.807) is 18.3 Å². The molecule has 100 valence electrons. The molecule has 0 aliphatic heterocycles. The number of pyridine rings is 1. The second-order valence-electron chi connectivity index (χ2n) is 4.65. The molecule has 1 atom stereocenters. The van der Waals surface area contributed by atoms with Crippen LogP contribution in [0.5, 0.6) is 0 Å². The summed E-state index contributed by atoms with van der Waals surface area (Å²) >= 11 is 0. The van der Waals surface area contributed by atoms with Gasteiger partial charge in [0.2, 0.25) is 0 Å². The molecule has 0 radical (unpaired) electrons. The molecule has 1 heterocycles. The molecule has 4 heteroatoms. The zero-order valence-corrected chi connectivity index (χ0v) is 11.2. The van der Waals surface area contributed by atoms with Gasteiger partial charge in [0.1, 0.15) is 11.6 Å². The van der Waals surface area contributed by atoms with E-state index in [4.69, 9.17) is 5.73 Å². The van der Waals surface area contributed by atoms with Crippen LogP contribution in [0.25, 0.3) is 0 Å². The molecule has 2 rings (SSSR count). The number of halogens is 1. The maximum Gasteiger partial charge on any atom is 0.133 e. The highest BCUT2D eigenvalue weighted by Gasteiger charge is 2.13. The van der Waals surface area contributed by atoms with Gasteiger partial charge in [-0.15, -0.1) is 0 Å². The third kappa shape index (κ3) is 3.09. The van der Waals surface area contributed by atoms with Gasteiger partial charge >= 0.3 is 0 Å². The van der Waals surface area contributed by atoms with Crippen LogP contribution in [0, 0.1) is 5.82 Å². The minimum absolute atomic E-state index is 0.105. The Morgan fingerprint density at radius 2 is 2.00 bits per heavy atom. The van der Waals surface area contributed by atoms with E-state index in [1.807, 2.05) is 37.1 Å². The predicted molar refractivity (Wildman–Crippen MR) is 75.3 cm³/mol. The average Bonchev–Trinajstić information content (AvgIpc) is 2.41. The first-order valence-corrected chi connectivity index (χ1v) is 6.24. The van der Waals surface area contributed by atoms with Crippen molar-refractivity contribution in [2.24, 2.45) is 5.73 Å². The number of hydrogen-bond acceptors (Lipinski definition) is 3. The second kappa shape index (κ2) is 5.80. The van der Waals surface area contributed by atoms with E-state index in [0.717, 1.165) is 11.4 Å². The first-order chi connectivity index (χ1) is 9.09. The molecule has 2 aromatic rings. The van der Waals surface area contributed by atoms with Crippen LogP contribution >= 0.6 is 0 Å². The first kappa shape index (κ1) is 13.5. The lowest BCUT2D eigenvalue weighted by Gasteiger charge is -2.22. The van der Waals surface area contributed by atoms with Crippen LogP contribution < -0.4 is 10.6 Å². The molecule has 3 nitrogen and oxygen atoms in total. The van der Waals surface area contributed by atoms with Gasteiger partial charge in [-0.3, -0.25) is 0 Å². The molecule has 0 saturated heterocycles. The van der Waals surface area contributed by atoms with Gasteiger partial charge in [0.05, 0.1) is 0 Å². The van der Waals surface area contributed by atoms with Crippen molar-refractivity contribution in [3.8, 4) is 0 Å². The van der Waals surface area contributed by atoms with Gasteiger partial charge in [-0.2, -0.15) is 0 Å². The Labute approximate surface area is 112 Å². The second-order valence-corrected chi connectivity index (χ2v) is 4.65. The Morgan fingerprint density at radius 3 is 2.68 bits per heavy atom. The highest BCUT2D eigenvalue weighted by molar-refractivity contribution is 5.48. The maximum atomic E-state index is 13.7. The molecule has 0 spiro atoms. The molecular weight excluding hydrogens is 241 g/mol. The van der Waals surface area contributed by atoms with Crippen molar-refractivity contribution in [2.45, 2.75) is 19.5 Å². The van der Waals surface area contributed by atoms with Crippen LogP contribution in [0.2, 0.25) is 0 Å². The topological polar surface area (TPSA) is 42.1 Å². The summed E-state index contributed by atoms with van der Waals surface area (Å²) in [5.41, 5.74) is 7.54. The van der Waals surface area contributed by atoms with Gasteiger partial charge < -0.3 is 10.6 Å². The lowest BCUT2D eigenvalue weighted by Crippen LogP contribution is -2.22. The number of rotatable bonds is 4. The Kier molecular flexibility index (Phi) is 4.12. The normalized spacial score (nSPS) is 12.2. The molecule has 1 aromatic heterocycles. The lowest BCUT2D eigenvalue weighted by atomic mass is 10.1. The number of anilines is 1. The number of aromatic nitrogens is 1. The minimum Gasteiger partial charge on any atom is -0.355 e. The van der Waals surface area contributed by atoms with E-state index in [2.05, 4.69) is 4.98 Å². The molecule has 0 aliphatic rings. The summed E-state index contributed by atoms with van der Waals surface area (Å²) in [4.78, 5) is 6.26. The summed E-state index contributed by atoms with van der Waals surface area (Å²) in [6.07, 6.45) is 1.72. The first-order valence-electron chi connectivity index (χ1n) is 6.24. The van der Waals surface area contributed by atoms with Gasteiger partial charge in [-0.1, -0.05) is 24.3 Å². The molecule has 0 amide bonds. The van der Waals surface area contributed by atoms with Crippen LogP contribution in [-0.4, -0.2) is 12.0 Å². The maximum absolute atomic E-state index is 13.7. The number of nitrogens with zero attached hydrogens (tertiary/aromatic N) is 2. The highest BCUT2D eigenvalue weighted by Crippen LogP contribution is 2.23. The summed E-state index contributed by atoms with van der Waals surface area (Å²) in [7, 11) is 1.89. The Morgan fingerprint density at radius 1 is 1.26 bits per heavy atom. The molecular formula is C15H18FN3. The summed E-state index contributed by atoms with van der Waals surface area (Å²) in [6, 6.07) is 10.5. The zero-order valence-electron chi connectivity index (χ0n) is 11.2. The van der Waals surface area contributed by atoms with Crippen LogP contribution in [0.4, 0.5) is 10.2 Å². The molecule has 19 heavy (non-hydrogen) atoms. The average molecular weight is 259 g/mol. The fraction of sp³-hybridized carbons (Fsp3) is 0.267. The Balaban J connectivity index is 2.26. The summed E-state index contributed by atoms with van der Waals surface area (Å²) in [5, 5.41) is 0. The van der Waals surface area contributed by atoms with Gasteiger partial charge in [0, 0.05) is 37.0 Å². The largest absolute Gasteiger partial charge is 0.355 e. The number of nitrogens with two attached hydrogens (primary N) is 1. The van der Waals surface area contributed by atoms with Crippen molar-refractivity contribution < 1.29 is 4.39 Å². The van der Waals surface area contributed by atoms with Crippen molar-refractivity contribution in [3.63, 3.8) is 0 Å². The smallest absolute Gasteiger partial charge is 0.133 e. The Hall–Kier alpha value is -1.94. The summed E-state index contributed by atoms with van der Waals surface area (Å²) in [5.74, 6) is 0.591. The monoisotopic (exact) mass is 259 g/mol. The lowest BCUT2D eigenvalue weighted by molar-refractivity contribution is 0.607. The third-order valence-electron chi connectivity index (χ3n) is 3.03. The van der Waals surface area contributed by atoms with Crippen molar-refractivity contribution in [2.75, 3.05) is 11.9 Å². The molecule has 2 N–H and O–H groups in total. The molecule has 0 saturated carbocycles. The fourth-order valence-electron chi connectivity index (χ4n) is 2.04. The van der Waals surface area contributed by atoms with E-state index in [-0.39, 0.29) is 11.9 Å². The van der Waals surface area contributed by atoms with Gasteiger partial charge in [-0.05, 0) is 19.1 Å². The van der Waals surface area contributed by atoms with E-state index in [9.17, 15) is 4.39 Å². The summed E-state index contributed by atoms with van der Waals surface area (Å²) in [6.45, 7) is 2.38. The summed E-state index contributed by atoms with van der Waals surface area (Å²) < 4.78 is 13.7. The van der Waals surface area contributed by atoms with Crippen LogP contribution in [0.15, 0.2) is 42.6 Å².